The summed E-state index contributed by atoms with van der Waals surface area (Å²) in [5.74, 6) is -1.04. The maximum atomic E-state index is 13.1. The highest BCUT2D eigenvalue weighted by molar-refractivity contribution is 7.89. The van der Waals surface area contributed by atoms with Crippen LogP contribution in [0.2, 0.25) is 0 Å². The number of methoxy groups -OCH3 is 2. The standard InChI is InChI=1S/C17H23NO6S/c1-23-14-11-13(7-8-16(19)20)12-15(17(14)24-2)25(21,22)18-9-5-3-4-6-10-18/h7-8,11-12H,3-6,9-10H2,1-2H3,(H,19,20)/p-1/b8-7+. The molecule has 0 spiro atoms. The van der Waals surface area contributed by atoms with Crippen molar-refractivity contribution < 1.29 is 27.8 Å². The van der Waals surface area contributed by atoms with Crippen molar-refractivity contribution >= 4 is 22.1 Å². The number of ether oxygens (including phenoxy) is 2. The molecule has 0 atom stereocenters. The number of benzene rings is 1. The van der Waals surface area contributed by atoms with Crippen molar-refractivity contribution in [1.82, 2.24) is 4.31 Å². The van der Waals surface area contributed by atoms with E-state index in [1.807, 2.05) is 0 Å². The van der Waals surface area contributed by atoms with Crippen LogP contribution < -0.4 is 14.6 Å². The monoisotopic (exact) mass is 368 g/mol. The first kappa shape index (κ1) is 19.3. The molecule has 25 heavy (non-hydrogen) atoms. The lowest BCUT2D eigenvalue weighted by Crippen LogP contribution is -2.32. The minimum absolute atomic E-state index is 0.0331. The van der Waals surface area contributed by atoms with Crippen LogP contribution in [0.4, 0.5) is 0 Å². The Labute approximate surface area is 147 Å². The van der Waals surface area contributed by atoms with Gasteiger partial charge in [0.2, 0.25) is 10.0 Å². The lowest BCUT2D eigenvalue weighted by molar-refractivity contribution is -0.297. The topological polar surface area (TPSA) is 96.0 Å². The third-order valence-corrected chi connectivity index (χ3v) is 5.97. The van der Waals surface area contributed by atoms with Crippen LogP contribution in [0.1, 0.15) is 31.2 Å². The molecule has 138 valence electrons. The van der Waals surface area contributed by atoms with Crippen molar-refractivity contribution in [3.05, 3.63) is 23.8 Å². The fourth-order valence-corrected chi connectivity index (χ4v) is 4.54. The molecule has 1 heterocycles. The first-order valence-corrected chi connectivity index (χ1v) is 9.49. The van der Waals surface area contributed by atoms with Gasteiger partial charge in [-0.3, -0.25) is 0 Å². The van der Waals surface area contributed by atoms with Gasteiger partial charge < -0.3 is 19.4 Å². The lowest BCUT2D eigenvalue weighted by Gasteiger charge is -2.22. The minimum atomic E-state index is -3.79. The molecule has 2 rings (SSSR count). The van der Waals surface area contributed by atoms with Crippen LogP contribution in [0.3, 0.4) is 0 Å². The molecule has 8 heteroatoms. The number of carbonyl (C=O) groups is 1. The zero-order chi connectivity index (χ0) is 18.4. The summed E-state index contributed by atoms with van der Waals surface area (Å²) in [5, 5.41) is 10.6. The number of hydrogen-bond donors (Lipinski definition) is 0. The van der Waals surface area contributed by atoms with Crippen molar-refractivity contribution in [2.24, 2.45) is 0 Å². The van der Waals surface area contributed by atoms with Gasteiger partial charge in [-0.25, -0.2) is 8.42 Å². The number of sulfonamides is 1. The third-order valence-electron chi connectivity index (χ3n) is 4.06. The molecule has 0 N–H and O–H groups in total. The van der Waals surface area contributed by atoms with E-state index in [-0.39, 0.29) is 16.4 Å². The number of carboxylic acids is 1. The second-order valence-corrected chi connectivity index (χ2v) is 7.63. The number of carbonyl (C=O) groups excluding carboxylic acids is 1. The van der Waals surface area contributed by atoms with Crippen LogP contribution in [-0.4, -0.2) is 46.0 Å². The van der Waals surface area contributed by atoms with E-state index in [2.05, 4.69) is 0 Å². The predicted octanol–water partition coefficient (Wildman–Crippen LogP) is 1.03. The molecule has 0 unspecified atom stereocenters. The Morgan fingerprint density at radius 1 is 1.12 bits per heavy atom. The molecule has 1 saturated heterocycles. The highest BCUT2D eigenvalue weighted by atomic mass is 32.2. The average Bonchev–Trinajstić information content (AvgIpc) is 2.88. The van der Waals surface area contributed by atoms with Crippen molar-refractivity contribution in [2.45, 2.75) is 30.6 Å². The first-order valence-electron chi connectivity index (χ1n) is 8.05. The van der Waals surface area contributed by atoms with Gasteiger partial charge in [-0.05, 0) is 36.6 Å². The number of hydrogen-bond acceptors (Lipinski definition) is 6. The average molecular weight is 368 g/mol. The van der Waals surface area contributed by atoms with E-state index < -0.39 is 16.0 Å². The highest BCUT2D eigenvalue weighted by Crippen LogP contribution is 2.38. The summed E-state index contributed by atoms with van der Waals surface area (Å²) in [6, 6.07) is 2.90. The summed E-state index contributed by atoms with van der Waals surface area (Å²) in [5.41, 5.74) is 0.371. The van der Waals surface area contributed by atoms with Crippen LogP contribution in [-0.2, 0) is 14.8 Å². The van der Waals surface area contributed by atoms with Gasteiger partial charge in [0, 0.05) is 13.1 Å². The smallest absolute Gasteiger partial charge is 0.246 e. The molecule has 0 amide bonds. The van der Waals surface area contributed by atoms with E-state index in [0.29, 0.717) is 18.7 Å². The molecule has 0 radical (unpaired) electrons. The lowest BCUT2D eigenvalue weighted by atomic mass is 10.2. The van der Waals surface area contributed by atoms with Crippen LogP contribution in [0.15, 0.2) is 23.1 Å². The summed E-state index contributed by atoms with van der Waals surface area (Å²) in [7, 11) is -1.02. The summed E-state index contributed by atoms with van der Waals surface area (Å²) < 4.78 is 38.2. The summed E-state index contributed by atoms with van der Waals surface area (Å²) in [6.45, 7) is 0.903. The molecule has 1 aromatic carbocycles. The molecule has 1 fully saturated rings. The predicted molar refractivity (Wildman–Crippen MR) is 90.8 cm³/mol. The van der Waals surface area contributed by atoms with E-state index in [1.54, 1.807) is 0 Å². The number of carboxylic acid groups (broad SMARTS) is 1. The van der Waals surface area contributed by atoms with E-state index in [1.165, 1.54) is 36.7 Å². The Balaban J connectivity index is 2.56. The summed E-state index contributed by atoms with van der Waals surface area (Å²) in [4.78, 5) is 10.6. The van der Waals surface area contributed by atoms with Gasteiger partial charge in [-0.1, -0.05) is 18.9 Å². The van der Waals surface area contributed by atoms with E-state index >= 15 is 0 Å². The fraction of sp³-hybridized carbons (Fsp3) is 0.471. The van der Waals surface area contributed by atoms with Crippen LogP contribution >= 0.6 is 0 Å². The molecule has 1 aromatic rings. The van der Waals surface area contributed by atoms with Gasteiger partial charge in [-0.15, -0.1) is 0 Å². The Kier molecular flexibility index (Phi) is 6.44. The van der Waals surface area contributed by atoms with Gasteiger partial charge >= 0.3 is 0 Å². The molecule has 0 saturated carbocycles. The molecular weight excluding hydrogens is 346 g/mol. The molecule has 7 nitrogen and oxygen atoms in total. The number of nitrogens with zero attached hydrogens (tertiary/aromatic N) is 1. The van der Waals surface area contributed by atoms with Gasteiger partial charge in [0.25, 0.3) is 0 Å². The first-order chi connectivity index (χ1) is 11.9. The van der Waals surface area contributed by atoms with Crippen LogP contribution in [0.5, 0.6) is 11.5 Å². The Hall–Kier alpha value is -2.06. The van der Waals surface area contributed by atoms with Crippen LogP contribution in [0, 0.1) is 0 Å². The zero-order valence-electron chi connectivity index (χ0n) is 14.4. The van der Waals surface area contributed by atoms with Crippen LogP contribution in [0.25, 0.3) is 6.08 Å². The maximum absolute atomic E-state index is 13.1. The zero-order valence-corrected chi connectivity index (χ0v) is 15.2. The quantitative estimate of drug-likeness (QED) is 0.696. The second kappa shape index (κ2) is 8.35. The van der Waals surface area contributed by atoms with Gasteiger partial charge in [0.05, 0.1) is 20.2 Å². The normalized spacial score (nSPS) is 16.6. The fourth-order valence-electron chi connectivity index (χ4n) is 2.82. The largest absolute Gasteiger partial charge is 0.545 e. The van der Waals surface area contributed by atoms with Gasteiger partial charge in [0.1, 0.15) is 4.90 Å². The third kappa shape index (κ3) is 4.52. The Bertz CT molecular complexity index is 749. The number of rotatable bonds is 6. The molecule has 0 bridgehead atoms. The SMILES string of the molecule is COc1cc(/C=C/C(=O)[O-])cc(S(=O)(=O)N2CCCCCC2)c1OC. The van der Waals surface area contributed by atoms with Gasteiger partial charge in [-0.2, -0.15) is 4.31 Å². The van der Waals surface area contributed by atoms with Gasteiger partial charge in [0.15, 0.2) is 11.5 Å². The number of aliphatic carboxylic acids is 1. The summed E-state index contributed by atoms with van der Waals surface area (Å²) >= 11 is 0. The highest BCUT2D eigenvalue weighted by Gasteiger charge is 2.30. The van der Waals surface area contributed by atoms with Crippen molar-refractivity contribution in [3.8, 4) is 11.5 Å². The second-order valence-electron chi connectivity index (χ2n) is 5.73. The molecule has 1 aliphatic heterocycles. The summed E-state index contributed by atoms with van der Waals surface area (Å²) in [6.07, 6.45) is 5.72. The molecule has 0 aromatic heterocycles. The Morgan fingerprint density at radius 2 is 1.76 bits per heavy atom. The van der Waals surface area contributed by atoms with Crippen molar-refractivity contribution in [2.75, 3.05) is 27.3 Å². The molecule has 1 aliphatic rings. The minimum Gasteiger partial charge on any atom is -0.545 e. The van der Waals surface area contributed by atoms with Crippen molar-refractivity contribution in [3.63, 3.8) is 0 Å². The maximum Gasteiger partial charge on any atom is 0.246 e. The molecular formula is C17H22NO6S-. The Morgan fingerprint density at radius 3 is 2.28 bits per heavy atom. The van der Waals surface area contributed by atoms with Crippen molar-refractivity contribution in [1.29, 1.82) is 0 Å². The molecule has 0 aliphatic carbocycles. The van der Waals surface area contributed by atoms with E-state index in [0.717, 1.165) is 31.8 Å². The van der Waals surface area contributed by atoms with E-state index in [9.17, 15) is 18.3 Å². The van der Waals surface area contributed by atoms with E-state index in [4.69, 9.17) is 9.47 Å².